The molecule has 0 spiro atoms. The van der Waals surface area contributed by atoms with Gasteiger partial charge in [-0.1, -0.05) is 0 Å². The third-order valence-electron chi connectivity index (χ3n) is 3.54. The molecule has 1 saturated carbocycles. The van der Waals surface area contributed by atoms with Crippen LogP contribution in [0.3, 0.4) is 0 Å². The highest BCUT2D eigenvalue weighted by atomic mass is 16.5. The number of ketones is 1. The Morgan fingerprint density at radius 3 is 2.94 bits per heavy atom. The Balaban J connectivity index is 1.88. The van der Waals surface area contributed by atoms with E-state index in [9.17, 15) is 9.59 Å². The van der Waals surface area contributed by atoms with Crippen molar-refractivity contribution in [2.75, 3.05) is 6.61 Å². The lowest BCUT2D eigenvalue weighted by atomic mass is 10.1. The Labute approximate surface area is 98.7 Å². The van der Waals surface area contributed by atoms with Crippen LogP contribution in [0.2, 0.25) is 0 Å². The number of fused-ring (bicyclic) bond motifs is 3. The van der Waals surface area contributed by atoms with Crippen molar-refractivity contribution in [3.05, 3.63) is 17.0 Å². The highest BCUT2D eigenvalue weighted by Gasteiger charge is 2.54. The van der Waals surface area contributed by atoms with E-state index in [0.717, 1.165) is 23.4 Å². The summed E-state index contributed by atoms with van der Waals surface area (Å²) >= 11 is 0. The summed E-state index contributed by atoms with van der Waals surface area (Å²) in [5.41, 5.74) is 2.43. The van der Waals surface area contributed by atoms with Gasteiger partial charge in [0.05, 0.1) is 17.9 Å². The summed E-state index contributed by atoms with van der Waals surface area (Å²) in [6, 6.07) is 0. The number of carbonyl (C=O) groups is 2. The van der Waals surface area contributed by atoms with Crippen LogP contribution in [0, 0.1) is 12.8 Å². The summed E-state index contributed by atoms with van der Waals surface area (Å²) in [6.45, 7) is 4.07. The lowest BCUT2D eigenvalue weighted by molar-refractivity contribution is -0.144. The number of nitrogens with zero attached hydrogens (tertiary/aromatic N) is 2. The molecule has 1 aromatic rings. The van der Waals surface area contributed by atoms with Crippen molar-refractivity contribution in [3.63, 3.8) is 0 Å². The molecule has 0 aromatic carbocycles. The van der Waals surface area contributed by atoms with Gasteiger partial charge in [-0.25, -0.2) is 0 Å². The minimum atomic E-state index is -0.309. The van der Waals surface area contributed by atoms with Crippen molar-refractivity contribution < 1.29 is 14.3 Å². The first-order valence-corrected chi connectivity index (χ1v) is 5.90. The molecule has 1 heterocycles. The Morgan fingerprint density at radius 1 is 1.53 bits per heavy atom. The van der Waals surface area contributed by atoms with Crippen LogP contribution in [-0.2, 0) is 16.1 Å². The van der Waals surface area contributed by atoms with Gasteiger partial charge in [-0.05, 0) is 20.3 Å². The number of rotatable bonds is 3. The number of ether oxygens (including phenoxy) is 1. The van der Waals surface area contributed by atoms with Crippen molar-refractivity contribution in [1.29, 1.82) is 0 Å². The second-order valence-electron chi connectivity index (χ2n) is 4.62. The Morgan fingerprint density at radius 2 is 2.29 bits per heavy atom. The molecule has 0 bridgehead atoms. The van der Waals surface area contributed by atoms with Crippen LogP contribution >= 0.6 is 0 Å². The number of carbonyl (C=O) groups excluding carboxylic acids is 2. The molecular weight excluding hydrogens is 220 g/mol. The second-order valence-corrected chi connectivity index (χ2v) is 4.62. The van der Waals surface area contributed by atoms with Crippen LogP contribution in [0.1, 0.15) is 41.0 Å². The molecule has 3 rings (SSSR count). The molecule has 90 valence electrons. The fourth-order valence-electron chi connectivity index (χ4n) is 2.59. The smallest absolute Gasteiger partial charge is 0.327 e. The molecule has 2 atom stereocenters. The molecule has 1 aromatic heterocycles. The van der Waals surface area contributed by atoms with E-state index in [4.69, 9.17) is 4.74 Å². The summed E-state index contributed by atoms with van der Waals surface area (Å²) in [7, 11) is 0. The van der Waals surface area contributed by atoms with Gasteiger partial charge >= 0.3 is 5.97 Å². The third-order valence-corrected chi connectivity index (χ3v) is 3.54. The van der Waals surface area contributed by atoms with Crippen molar-refractivity contribution in [2.24, 2.45) is 5.92 Å². The van der Waals surface area contributed by atoms with Gasteiger partial charge in [-0.3, -0.25) is 14.3 Å². The first-order valence-electron chi connectivity index (χ1n) is 5.90. The molecule has 5 nitrogen and oxygen atoms in total. The molecular formula is C12H14N2O3. The number of hydrogen-bond acceptors (Lipinski definition) is 4. The van der Waals surface area contributed by atoms with E-state index in [1.165, 1.54) is 0 Å². The standard InChI is InChI=1S/C12H14N2O3/c1-3-17-9(15)5-14-6(2)10-11(13-14)7-4-8(7)12(10)16/h7-8H,3-5H2,1-2H3. The van der Waals surface area contributed by atoms with Gasteiger partial charge < -0.3 is 4.74 Å². The van der Waals surface area contributed by atoms with Gasteiger partial charge in [0.2, 0.25) is 0 Å². The van der Waals surface area contributed by atoms with Crippen LogP contribution in [-0.4, -0.2) is 28.1 Å². The molecule has 0 N–H and O–H groups in total. The zero-order chi connectivity index (χ0) is 12.2. The van der Waals surface area contributed by atoms with Crippen molar-refractivity contribution in [2.45, 2.75) is 32.7 Å². The van der Waals surface area contributed by atoms with Crippen LogP contribution in [0.25, 0.3) is 0 Å². The van der Waals surface area contributed by atoms with Crippen LogP contribution in [0.15, 0.2) is 0 Å². The molecule has 2 aliphatic rings. The van der Waals surface area contributed by atoms with E-state index < -0.39 is 0 Å². The van der Waals surface area contributed by atoms with Gasteiger partial charge in [0.1, 0.15) is 6.54 Å². The summed E-state index contributed by atoms with van der Waals surface area (Å²) in [4.78, 5) is 23.3. The van der Waals surface area contributed by atoms with Crippen LogP contribution in [0.4, 0.5) is 0 Å². The molecule has 2 aliphatic carbocycles. The maximum absolute atomic E-state index is 11.9. The predicted octanol–water partition coefficient (Wildman–Crippen LogP) is 1.05. The topological polar surface area (TPSA) is 61.2 Å². The summed E-state index contributed by atoms with van der Waals surface area (Å²) in [6.07, 6.45) is 0.932. The number of hydrogen-bond donors (Lipinski definition) is 0. The van der Waals surface area contributed by atoms with E-state index in [1.807, 2.05) is 6.92 Å². The van der Waals surface area contributed by atoms with Crippen molar-refractivity contribution in [3.8, 4) is 0 Å². The fraction of sp³-hybridized carbons (Fsp3) is 0.583. The maximum Gasteiger partial charge on any atom is 0.327 e. The van der Waals surface area contributed by atoms with Gasteiger partial charge in [-0.15, -0.1) is 0 Å². The zero-order valence-electron chi connectivity index (χ0n) is 9.90. The largest absolute Gasteiger partial charge is 0.465 e. The van der Waals surface area contributed by atoms with E-state index in [-0.39, 0.29) is 24.2 Å². The summed E-state index contributed by atoms with van der Waals surface area (Å²) in [5, 5.41) is 4.38. The van der Waals surface area contributed by atoms with E-state index in [2.05, 4.69) is 5.10 Å². The average Bonchev–Trinajstić information content (AvgIpc) is 2.94. The number of esters is 1. The SMILES string of the molecule is CCOC(=O)Cn1nc2c(c1C)C(=O)C1CC21. The van der Waals surface area contributed by atoms with E-state index in [1.54, 1.807) is 11.6 Å². The predicted molar refractivity (Wildman–Crippen MR) is 58.8 cm³/mol. The highest BCUT2D eigenvalue weighted by molar-refractivity contribution is 6.06. The zero-order valence-corrected chi connectivity index (χ0v) is 9.90. The lowest BCUT2D eigenvalue weighted by Crippen LogP contribution is -2.16. The monoisotopic (exact) mass is 234 g/mol. The third kappa shape index (κ3) is 1.41. The highest BCUT2D eigenvalue weighted by Crippen LogP contribution is 2.56. The average molecular weight is 234 g/mol. The molecule has 1 fully saturated rings. The minimum absolute atomic E-state index is 0.0946. The molecule has 0 amide bonds. The molecule has 5 heteroatoms. The molecule has 0 saturated heterocycles. The summed E-state index contributed by atoms with van der Waals surface area (Å²) in [5.74, 6) is 0.400. The van der Waals surface area contributed by atoms with E-state index >= 15 is 0 Å². The van der Waals surface area contributed by atoms with Gasteiger partial charge in [-0.2, -0.15) is 5.10 Å². The normalized spacial score (nSPS) is 24.5. The number of Topliss-reactive ketones (excluding diaryl/α,β-unsaturated/α-hetero) is 1. The van der Waals surface area contributed by atoms with Crippen LogP contribution in [0.5, 0.6) is 0 Å². The molecule has 17 heavy (non-hydrogen) atoms. The Bertz CT molecular complexity index is 518. The van der Waals surface area contributed by atoms with Gasteiger partial charge in [0.15, 0.2) is 5.78 Å². The molecule has 0 radical (unpaired) electrons. The molecule has 0 aliphatic heterocycles. The van der Waals surface area contributed by atoms with Crippen LogP contribution < -0.4 is 0 Å². The van der Waals surface area contributed by atoms with E-state index in [0.29, 0.717) is 12.5 Å². The first-order chi connectivity index (χ1) is 8.13. The van der Waals surface area contributed by atoms with Crippen molar-refractivity contribution in [1.82, 2.24) is 9.78 Å². The number of aromatic nitrogens is 2. The quantitative estimate of drug-likeness (QED) is 0.733. The minimum Gasteiger partial charge on any atom is -0.465 e. The fourth-order valence-corrected chi connectivity index (χ4v) is 2.59. The Kier molecular flexibility index (Phi) is 2.11. The Hall–Kier alpha value is -1.65. The summed E-state index contributed by atoms with van der Waals surface area (Å²) < 4.78 is 6.47. The second kappa shape index (κ2) is 3.42. The first kappa shape index (κ1) is 10.5. The maximum atomic E-state index is 11.9. The van der Waals surface area contributed by atoms with Gasteiger partial charge in [0, 0.05) is 17.5 Å². The van der Waals surface area contributed by atoms with Gasteiger partial charge in [0.25, 0.3) is 0 Å². The van der Waals surface area contributed by atoms with Crippen molar-refractivity contribution >= 4 is 11.8 Å². The lowest BCUT2D eigenvalue weighted by Gasteiger charge is -2.04. The molecule has 2 unspecified atom stereocenters.